The van der Waals surface area contributed by atoms with E-state index in [4.69, 9.17) is 5.11 Å². The number of hydrogen-bond acceptors (Lipinski definition) is 3. The van der Waals surface area contributed by atoms with E-state index in [0.29, 0.717) is 0 Å². The Morgan fingerprint density at radius 3 is 0.365 bits per heavy atom. The molecule has 0 atom stereocenters. The van der Waals surface area contributed by atoms with Gasteiger partial charge in [0.25, 0.3) is 0 Å². The average molecular weight is 837 g/mol. The molecule has 0 rings (SSSR count). The quantitative estimate of drug-likeness (QED) is 0.131. The normalized spacial score (nSPS) is 3.60. The summed E-state index contributed by atoms with van der Waals surface area (Å²) in [6, 6.07) is 0. The molecule has 0 aliphatic heterocycles. The summed E-state index contributed by atoms with van der Waals surface area (Å²) in [4.78, 5) is 0. The summed E-state index contributed by atoms with van der Waals surface area (Å²) in [6.07, 6.45) is 13.8. The van der Waals surface area contributed by atoms with Gasteiger partial charge in [-0.2, -0.15) is 7.11 Å². The van der Waals surface area contributed by atoms with Gasteiger partial charge in [0.1, 0.15) is 0 Å². The van der Waals surface area contributed by atoms with Crippen LogP contribution in [0.3, 0.4) is 0 Å². The molecule has 14 N–H and O–H groups in total. The van der Waals surface area contributed by atoms with Crippen LogP contribution in [0.25, 0.3) is 0 Å². The van der Waals surface area contributed by atoms with Crippen LogP contribution in [0.4, 0.5) is 0 Å². The molecule has 0 spiro atoms. The molecule has 0 aromatic heterocycles. The number of hydrogen-bond donors (Lipinski definition) is 0. The van der Waals surface area contributed by atoms with E-state index < -0.39 is 0 Å². The van der Waals surface area contributed by atoms with Crippen molar-refractivity contribution < 1.29 is 48.9 Å². The Morgan fingerprint density at radius 2 is 0.365 bits per heavy atom. The molecule has 52 heavy (non-hydrogen) atoms. The molecule has 0 saturated heterocycles. The van der Waals surface area contributed by atoms with Crippen molar-refractivity contribution in [3.8, 4) is 0 Å². The van der Waals surface area contributed by atoms with Gasteiger partial charge in [0.05, 0.1) is 0 Å². The zero-order valence-electron chi connectivity index (χ0n) is 42.9. The minimum absolute atomic E-state index is 0. The van der Waals surface area contributed by atoms with Crippen LogP contribution in [0.5, 0.6) is 0 Å². The molecular formula is C39H120Mg3O9P+3. The maximum atomic E-state index is 8.25. The first-order chi connectivity index (χ1) is 20.0. The van der Waals surface area contributed by atoms with Crippen molar-refractivity contribution in [1.82, 2.24) is 0 Å². The second-order valence-electron chi connectivity index (χ2n) is 3.90. The molecular weight excluding hydrogens is 716 g/mol. The van der Waals surface area contributed by atoms with Crippen molar-refractivity contribution in [2.75, 3.05) is 7.11 Å². The fraction of sp³-hybridized carbons (Fsp3) is 0.872. The molecule has 0 unspecified atom stereocenters. The van der Waals surface area contributed by atoms with Crippen LogP contribution >= 0.6 is 8.86 Å². The van der Waals surface area contributed by atoms with Crippen molar-refractivity contribution in [3.63, 3.8) is 0 Å². The van der Waals surface area contributed by atoms with Gasteiger partial charge in [-0.05, 0) is 20.8 Å². The topological polar surface area (TPSA) is 272 Å². The SMILES string of the molecule is C/C=C\C.C=CC.C=P.CC.CC.CC.CC.CC.CC.CC.CC.CC.CCC.CCC.CCC.CCC.C[O-].O.O.O.O.O.O.[Mg+2].[Mg+2].[Mg+2].[OH-].[OH-]. The molecule has 0 fully saturated rings. The molecule has 338 valence electrons. The van der Waals surface area contributed by atoms with Gasteiger partial charge in [-0.15, -0.1) is 15.4 Å². The van der Waals surface area contributed by atoms with Crippen LogP contribution in [-0.2, 0) is 0 Å². The van der Waals surface area contributed by atoms with Gasteiger partial charge in [0.15, 0.2) is 0 Å². The molecule has 0 aliphatic rings. The van der Waals surface area contributed by atoms with Gasteiger partial charge in [-0.25, -0.2) is 0 Å². The third-order valence-electron chi connectivity index (χ3n) is 0.333. The molecule has 0 bridgehead atoms. The summed E-state index contributed by atoms with van der Waals surface area (Å²) in [6.45, 7) is 62.2. The fourth-order valence-electron chi connectivity index (χ4n) is 0. The third-order valence-corrected chi connectivity index (χ3v) is 0.333. The van der Waals surface area contributed by atoms with Gasteiger partial charge in [-0.1, -0.05) is 230 Å². The third kappa shape index (κ3) is 19700. The maximum absolute atomic E-state index is 8.25. The van der Waals surface area contributed by atoms with Crippen molar-refractivity contribution >= 4 is 84.3 Å². The van der Waals surface area contributed by atoms with Crippen molar-refractivity contribution in [3.05, 3.63) is 24.8 Å². The van der Waals surface area contributed by atoms with E-state index >= 15 is 0 Å². The predicted octanol–water partition coefficient (Wildman–Crippen LogP) is 10.8. The Morgan fingerprint density at radius 1 is 0.346 bits per heavy atom. The van der Waals surface area contributed by atoms with Crippen LogP contribution in [0.1, 0.15) is 226 Å². The van der Waals surface area contributed by atoms with Crippen LogP contribution < -0.4 is 5.11 Å². The van der Waals surface area contributed by atoms with Gasteiger partial charge in [0.2, 0.25) is 0 Å². The Kier molecular flexibility index (Phi) is 8260. The Bertz CT molecular complexity index is 135. The number of allylic oxidation sites excluding steroid dienone is 3. The molecule has 13 heteroatoms. The van der Waals surface area contributed by atoms with E-state index in [0.717, 1.165) is 7.11 Å². The van der Waals surface area contributed by atoms with Gasteiger partial charge >= 0.3 is 69.2 Å². The van der Waals surface area contributed by atoms with E-state index in [1.165, 1.54) is 25.7 Å². The monoisotopic (exact) mass is 836 g/mol. The average Bonchev–Trinajstić information content (AvgIpc) is 3.09. The minimum Gasteiger partial charge on any atom is -0.870 e. The minimum atomic E-state index is 0. The van der Waals surface area contributed by atoms with Crippen LogP contribution in [0.15, 0.2) is 24.8 Å². The Labute approximate surface area is 388 Å². The van der Waals surface area contributed by atoms with Crippen molar-refractivity contribution in [1.29, 1.82) is 0 Å². The first-order valence-corrected chi connectivity index (χ1v) is 18.6. The second kappa shape index (κ2) is 1900. The maximum Gasteiger partial charge on any atom is 2.00 e. The van der Waals surface area contributed by atoms with Crippen molar-refractivity contribution in [2.45, 2.75) is 226 Å². The largest absolute Gasteiger partial charge is 2.00 e. The van der Waals surface area contributed by atoms with Crippen LogP contribution in [0, 0.1) is 0 Å². The zero-order chi connectivity index (χ0) is 38.9. The molecule has 9 nitrogen and oxygen atoms in total. The molecule has 0 saturated carbocycles. The Balaban J connectivity index is -0.00000000449. The van der Waals surface area contributed by atoms with Crippen LogP contribution in [0.2, 0.25) is 0 Å². The molecule has 0 aromatic carbocycles. The molecule has 0 aromatic rings. The van der Waals surface area contributed by atoms with Gasteiger partial charge in [0, 0.05) is 0 Å². The van der Waals surface area contributed by atoms with E-state index in [-0.39, 0.29) is 113 Å². The molecule has 0 heterocycles. The molecule has 0 amide bonds. The summed E-state index contributed by atoms with van der Waals surface area (Å²) < 4.78 is 0. The summed E-state index contributed by atoms with van der Waals surface area (Å²) in [7, 11) is 3.47. The number of rotatable bonds is 0. The Hall–Kier alpha value is 1.59. The first-order valence-electron chi connectivity index (χ1n) is 17.9. The zero-order valence-corrected chi connectivity index (χ0v) is 48.1. The van der Waals surface area contributed by atoms with Crippen molar-refractivity contribution in [2.24, 2.45) is 0 Å². The standard InChI is InChI=1S/C4H8.4C3H8.C3H6.9C2H6.CH3O.CH3P.3Mg.8H2O/c1-3-4-2;5*1-3-2;11*1-2;;;;;;;;;;;/h3-4H,1-2H3;4*3H2,1-2H3;3H,1H2,2H3;9*1-2H3;1H3;2H,1H2;;;;8*1H2/q;;;;;;;;;;;;;;;-1;;3*+2;;;;;;;;/p-2/b4-3-;;;;;;;;;;;;;;;;;;;;;;;;;;;. The second-order valence-corrected chi connectivity index (χ2v) is 3.90. The summed E-state index contributed by atoms with van der Waals surface area (Å²) >= 11 is 0. The molecule has 0 aliphatic carbocycles. The van der Waals surface area contributed by atoms with Gasteiger partial charge < -0.3 is 48.9 Å². The van der Waals surface area contributed by atoms with E-state index in [1.54, 1.807) is 6.08 Å². The molecule has 0 radical (unpaired) electrons. The van der Waals surface area contributed by atoms with E-state index in [2.05, 4.69) is 77.1 Å². The summed E-state index contributed by atoms with van der Waals surface area (Å²) in [5.41, 5.74) is 0. The summed E-state index contributed by atoms with van der Waals surface area (Å²) in [5.74, 6) is 0. The predicted molar refractivity (Wildman–Crippen MR) is 267 cm³/mol. The smallest absolute Gasteiger partial charge is 0.870 e. The van der Waals surface area contributed by atoms with Gasteiger partial charge in [-0.3, -0.25) is 0 Å². The fourth-order valence-corrected chi connectivity index (χ4v) is 0. The summed E-state index contributed by atoms with van der Waals surface area (Å²) in [5, 5.41) is 8.25. The first kappa shape index (κ1) is 226. The van der Waals surface area contributed by atoms with Crippen LogP contribution in [-0.4, -0.2) is 126 Å². The van der Waals surface area contributed by atoms with E-state index in [9.17, 15) is 0 Å². The van der Waals surface area contributed by atoms with E-state index in [1.807, 2.05) is 158 Å².